The lowest BCUT2D eigenvalue weighted by Crippen LogP contribution is -2.48. The van der Waals surface area contributed by atoms with E-state index in [1.165, 1.54) is 10.4 Å². The molecule has 9 nitrogen and oxygen atoms in total. The number of nitrogens with zero attached hydrogens (tertiary/aromatic N) is 3. The van der Waals surface area contributed by atoms with Crippen LogP contribution in [0.15, 0.2) is 53.4 Å². The molecule has 0 unspecified atom stereocenters. The van der Waals surface area contributed by atoms with E-state index in [1.54, 1.807) is 30.3 Å². The number of hydrogen-bond donors (Lipinski definition) is 2. The molecule has 2 aliphatic rings. The zero-order valence-corrected chi connectivity index (χ0v) is 18.6. The Balaban J connectivity index is 1.31. The number of piperazine rings is 1. The van der Waals surface area contributed by atoms with Crippen LogP contribution in [-0.4, -0.2) is 87.7 Å². The summed E-state index contributed by atoms with van der Waals surface area (Å²) in [6.45, 7) is 4.70. The van der Waals surface area contributed by atoms with Crippen LogP contribution in [0, 0.1) is 0 Å². The Morgan fingerprint density at radius 2 is 1.66 bits per heavy atom. The van der Waals surface area contributed by atoms with Crippen molar-refractivity contribution in [1.82, 2.24) is 9.21 Å². The maximum Gasteiger partial charge on any atom is 0.243 e. The van der Waals surface area contributed by atoms with Crippen molar-refractivity contribution in [3.05, 3.63) is 48.5 Å². The van der Waals surface area contributed by atoms with Gasteiger partial charge in [-0.2, -0.15) is 4.31 Å². The van der Waals surface area contributed by atoms with E-state index in [9.17, 15) is 18.3 Å². The van der Waals surface area contributed by atoms with E-state index >= 15 is 0 Å². The highest BCUT2D eigenvalue weighted by Gasteiger charge is 2.26. The molecule has 0 atom stereocenters. The average molecular weight is 461 g/mol. The summed E-state index contributed by atoms with van der Waals surface area (Å²) < 4.78 is 32.3. The highest BCUT2D eigenvalue weighted by Crippen LogP contribution is 2.22. The fourth-order valence-corrected chi connectivity index (χ4v) is 5.36. The van der Waals surface area contributed by atoms with Crippen molar-refractivity contribution in [2.45, 2.75) is 4.90 Å². The first-order valence-electron chi connectivity index (χ1n) is 10.7. The van der Waals surface area contributed by atoms with Gasteiger partial charge in [0.05, 0.1) is 24.7 Å². The number of amides is 1. The van der Waals surface area contributed by atoms with Crippen molar-refractivity contribution in [3.8, 4) is 5.75 Å². The molecule has 2 saturated heterocycles. The Morgan fingerprint density at radius 3 is 2.34 bits per heavy atom. The second-order valence-corrected chi connectivity index (χ2v) is 9.81. The number of anilines is 2. The molecule has 2 N–H and O–H groups in total. The highest BCUT2D eigenvalue weighted by molar-refractivity contribution is 7.89. The van der Waals surface area contributed by atoms with E-state index in [4.69, 9.17) is 4.74 Å². The van der Waals surface area contributed by atoms with Crippen LogP contribution in [0.1, 0.15) is 0 Å². The molecule has 2 aromatic rings. The maximum absolute atomic E-state index is 12.8. The van der Waals surface area contributed by atoms with Crippen molar-refractivity contribution in [1.29, 1.82) is 0 Å². The number of carbonyl (C=O) groups is 1. The number of phenols is 1. The first-order chi connectivity index (χ1) is 15.4. The van der Waals surface area contributed by atoms with Gasteiger partial charge in [0, 0.05) is 50.6 Å². The molecule has 2 aliphatic heterocycles. The van der Waals surface area contributed by atoms with Crippen molar-refractivity contribution in [2.75, 3.05) is 69.2 Å². The van der Waals surface area contributed by atoms with Crippen LogP contribution in [0.25, 0.3) is 0 Å². The molecular weight excluding hydrogens is 432 g/mol. The third-order valence-electron chi connectivity index (χ3n) is 5.68. The lowest BCUT2D eigenvalue weighted by Gasteiger charge is -2.35. The van der Waals surface area contributed by atoms with E-state index in [0.717, 1.165) is 31.9 Å². The quantitative estimate of drug-likeness (QED) is 0.667. The molecule has 0 spiro atoms. The Hall–Kier alpha value is -2.66. The summed E-state index contributed by atoms with van der Waals surface area (Å²) in [5, 5.41) is 12.3. The Morgan fingerprint density at radius 1 is 0.969 bits per heavy atom. The van der Waals surface area contributed by atoms with E-state index in [2.05, 4.69) is 15.1 Å². The minimum atomic E-state index is -3.61. The number of phenolic OH excluding ortho intramolecular Hbond substituents is 1. The van der Waals surface area contributed by atoms with Crippen molar-refractivity contribution >= 4 is 27.3 Å². The van der Waals surface area contributed by atoms with Crippen molar-refractivity contribution in [3.63, 3.8) is 0 Å². The summed E-state index contributed by atoms with van der Waals surface area (Å²) in [5.74, 6) is 0.0647. The molecule has 172 valence electrons. The van der Waals surface area contributed by atoms with Crippen molar-refractivity contribution < 1.29 is 23.1 Å². The van der Waals surface area contributed by atoms with Gasteiger partial charge in [0.1, 0.15) is 5.75 Å². The molecule has 1 amide bonds. The summed E-state index contributed by atoms with van der Waals surface area (Å²) in [6, 6.07) is 13.5. The third-order valence-corrected chi connectivity index (χ3v) is 7.57. The van der Waals surface area contributed by atoms with E-state index < -0.39 is 10.0 Å². The number of morpholine rings is 1. The topological polar surface area (TPSA) is 102 Å². The van der Waals surface area contributed by atoms with Crippen LogP contribution in [0.5, 0.6) is 5.75 Å². The number of sulfonamides is 1. The zero-order chi connectivity index (χ0) is 22.6. The van der Waals surface area contributed by atoms with Crippen LogP contribution in [0.2, 0.25) is 0 Å². The first-order valence-corrected chi connectivity index (χ1v) is 12.1. The predicted octanol–water partition coefficient (Wildman–Crippen LogP) is 1.17. The minimum absolute atomic E-state index is 0.166. The average Bonchev–Trinajstić information content (AvgIpc) is 2.81. The highest BCUT2D eigenvalue weighted by atomic mass is 32.2. The zero-order valence-electron chi connectivity index (χ0n) is 17.8. The second kappa shape index (κ2) is 9.86. The lowest BCUT2D eigenvalue weighted by molar-refractivity contribution is -0.117. The van der Waals surface area contributed by atoms with Crippen LogP contribution in [0.3, 0.4) is 0 Å². The maximum atomic E-state index is 12.8. The lowest BCUT2D eigenvalue weighted by atomic mass is 10.2. The van der Waals surface area contributed by atoms with Gasteiger partial charge in [-0.25, -0.2) is 8.42 Å². The predicted molar refractivity (Wildman–Crippen MR) is 121 cm³/mol. The number of hydrogen-bond acceptors (Lipinski definition) is 7. The second-order valence-electron chi connectivity index (χ2n) is 7.87. The third kappa shape index (κ3) is 5.39. The summed E-state index contributed by atoms with van der Waals surface area (Å²) in [6.07, 6.45) is 0. The Labute approximate surface area is 188 Å². The smallest absolute Gasteiger partial charge is 0.243 e. The molecule has 0 radical (unpaired) electrons. The number of ether oxygens (including phenoxy) is 1. The SMILES string of the molecule is O=C(CN1CCN(c2ccc(O)cc2)CC1)Nc1cccc(S(=O)(=O)N2CCOCC2)c1. The molecule has 2 heterocycles. The molecular formula is C22H28N4O5S. The van der Waals surface area contributed by atoms with E-state index in [1.807, 2.05) is 12.1 Å². The van der Waals surface area contributed by atoms with Gasteiger partial charge in [-0.1, -0.05) is 6.07 Å². The van der Waals surface area contributed by atoms with Gasteiger partial charge in [0.2, 0.25) is 15.9 Å². The number of nitrogens with one attached hydrogen (secondary N) is 1. The van der Waals surface area contributed by atoms with Crippen molar-refractivity contribution in [2.24, 2.45) is 0 Å². The van der Waals surface area contributed by atoms with Crippen LogP contribution in [0.4, 0.5) is 11.4 Å². The van der Waals surface area contributed by atoms with Gasteiger partial charge >= 0.3 is 0 Å². The number of carbonyl (C=O) groups excluding carboxylic acids is 1. The van der Waals surface area contributed by atoms with E-state index in [0.29, 0.717) is 32.0 Å². The summed E-state index contributed by atoms with van der Waals surface area (Å²) >= 11 is 0. The fourth-order valence-electron chi connectivity index (χ4n) is 3.90. The van der Waals surface area contributed by atoms with Crippen LogP contribution >= 0.6 is 0 Å². The minimum Gasteiger partial charge on any atom is -0.508 e. The molecule has 10 heteroatoms. The summed E-state index contributed by atoms with van der Waals surface area (Å²) in [4.78, 5) is 17.0. The van der Waals surface area contributed by atoms with Gasteiger partial charge in [0.15, 0.2) is 0 Å². The summed E-state index contributed by atoms with van der Waals surface area (Å²) in [7, 11) is -3.61. The van der Waals surface area contributed by atoms with Crippen LogP contribution < -0.4 is 10.2 Å². The van der Waals surface area contributed by atoms with Gasteiger partial charge in [0.25, 0.3) is 0 Å². The number of rotatable bonds is 6. The van der Waals surface area contributed by atoms with Gasteiger partial charge < -0.3 is 20.1 Å². The molecule has 0 saturated carbocycles. The number of aromatic hydroxyl groups is 1. The Bertz CT molecular complexity index is 1030. The van der Waals surface area contributed by atoms with Crippen LogP contribution in [-0.2, 0) is 19.6 Å². The van der Waals surface area contributed by atoms with E-state index in [-0.39, 0.29) is 23.1 Å². The monoisotopic (exact) mass is 460 g/mol. The molecule has 4 rings (SSSR count). The molecule has 0 aliphatic carbocycles. The largest absolute Gasteiger partial charge is 0.508 e. The number of benzene rings is 2. The first kappa shape index (κ1) is 22.5. The molecule has 2 aromatic carbocycles. The standard InChI is InChI=1S/C22H28N4O5S/c27-20-6-4-19(5-7-20)25-10-8-24(9-11-25)17-22(28)23-18-2-1-3-21(16-18)32(29,30)26-12-14-31-15-13-26/h1-7,16,27H,8-15,17H2,(H,23,28). The normalized spacial score (nSPS) is 18.4. The summed E-state index contributed by atoms with van der Waals surface area (Å²) in [5.41, 5.74) is 1.51. The molecule has 0 bridgehead atoms. The molecule has 32 heavy (non-hydrogen) atoms. The fraction of sp³-hybridized carbons (Fsp3) is 0.409. The van der Waals surface area contributed by atoms with Gasteiger partial charge in [-0.3, -0.25) is 9.69 Å². The van der Waals surface area contributed by atoms with Gasteiger partial charge in [-0.05, 0) is 42.5 Å². The van der Waals surface area contributed by atoms with Gasteiger partial charge in [-0.15, -0.1) is 0 Å². The Kier molecular flexibility index (Phi) is 6.95. The molecule has 0 aromatic heterocycles. The molecule has 2 fully saturated rings.